The highest BCUT2D eigenvalue weighted by Gasteiger charge is 2.17. The Hall–Kier alpha value is 0.640. The molecule has 0 N–H and O–H groups in total. The van der Waals surface area contributed by atoms with Crippen molar-refractivity contribution in [2.45, 2.75) is 0 Å². The summed E-state index contributed by atoms with van der Waals surface area (Å²) in [6.45, 7) is 0. The van der Waals surface area contributed by atoms with Crippen LogP contribution in [0.1, 0.15) is 0 Å². The van der Waals surface area contributed by atoms with Crippen molar-refractivity contribution in [3.8, 4) is 0 Å². The van der Waals surface area contributed by atoms with Gasteiger partial charge in [-0.1, -0.05) is 15.9 Å². The molecule has 1 heterocycles. The van der Waals surface area contributed by atoms with E-state index in [2.05, 4.69) is 85.7 Å². The molecule has 92 valence electrons. The zero-order valence-electron chi connectivity index (χ0n) is 8.53. The van der Waals surface area contributed by atoms with Crippen LogP contribution in [0.15, 0.2) is 45.0 Å². The first-order valence-corrected chi connectivity index (χ1v) is 8.80. The Morgan fingerprint density at radius 2 is 1.50 bits per heavy atom. The van der Waals surface area contributed by atoms with Gasteiger partial charge in [0.2, 0.25) is 0 Å². The first-order valence-electron chi connectivity index (χ1n) is 4.84. The van der Waals surface area contributed by atoms with E-state index in [0.29, 0.717) is 0 Å². The van der Waals surface area contributed by atoms with Crippen molar-refractivity contribution in [1.82, 2.24) is 0 Å². The van der Waals surface area contributed by atoms with Gasteiger partial charge in [0.15, 0.2) is 5.58 Å². The Kier molecular flexibility index (Phi) is 3.69. The number of hydrogen-bond acceptors (Lipinski definition) is 1. The van der Waals surface area contributed by atoms with Gasteiger partial charge in [0.05, 0.1) is 4.47 Å². The van der Waals surface area contributed by atoms with Crippen LogP contribution in [0.25, 0.3) is 21.9 Å². The Labute approximate surface area is 145 Å². The van der Waals surface area contributed by atoms with Gasteiger partial charge in [-0.3, -0.25) is 0 Å². The summed E-state index contributed by atoms with van der Waals surface area (Å²) in [7, 11) is 0. The minimum Gasteiger partial charge on any atom is -0.455 e. The van der Waals surface area contributed by atoms with E-state index in [9.17, 15) is 0 Å². The smallest absolute Gasteiger partial charge is 0.150 e. The fourth-order valence-electron chi connectivity index (χ4n) is 1.87. The molecule has 18 heavy (non-hydrogen) atoms. The van der Waals surface area contributed by atoms with Crippen LogP contribution in [0.4, 0.5) is 0 Å². The van der Waals surface area contributed by atoms with E-state index in [1.807, 2.05) is 12.1 Å². The largest absolute Gasteiger partial charge is 0.455 e. The molecule has 0 aliphatic rings. The fourth-order valence-corrected chi connectivity index (χ4v) is 4.76. The maximum atomic E-state index is 5.92. The van der Waals surface area contributed by atoms with Crippen LogP contribution in [-0.2, 0) is 0 Å². The highest BCUT2D eigenvalue weighted by Crippen LogP contribution is 2.44. The van der Waals surface area contributed by atoms with Gasteiger partial charge >= 0.3 is 0 Å². The summed E-state index contributed by atoms with van der Waals surface area (Å²) < 4.78 is 10.8. The average Bonchev–Trinajstić information content (AvgIpc) is 2.64. The Balaban J connectivity index is 2.60. The minimum atomic E-state index is 0.832. The summed E-state index contributed by atoms with van der Waals surface area (Å²) in [4.78, 5) is 0. The van der Waals surface area contributed by atoms with Gasteiger partial charge < -0.3 is 4.42 Å². The van der Waals surface area contributed by atoms with E-state index in [1.165, 1.54) is 0 Å². The van der Waals surface area contributed by atoms with Crippen LogP contribution in [0.2, 0.25) is 0 Å². The fraction of sp³-hybridized carbons (Fsp3) is 0. The van der Waals surface area contributed by atoms with E-state index >= 15 is 0 Å². The highest BCUT2D eigenvalue weighted by molar-refractivity contribution is 9.14. The molecular weight excluding hydrogens is 560 g/mol. The lowest BCUT2D eigenvalue weighted by molar-refractivity contribution is 0.666. The number of rotatable bonds is 0. The first kappa shape index (κ1) is 13.6. The van der Waals surface area contributed by atoms with Crippen molar-refractivity contribution >= 4 is 102 Å². The number of halogens is 5. The molecule has 0 fully saturated rings. The Morgan fingerprint density at radius 1 is 0.778 bits per heavy atom. The lowest BCUT2D eigenvalue weighted by Crippen LogP contribution is -1.75. The van der Waals surface area contributed by atoms with Crippen LogP contribution in [0, 0.1) is 0 Å². The zero-order valence-corrected chi connectivity index (χ0v) is 16.5. The van der Waals surface area contributed by atoms with E-state index in [0.717, 1.165) is 44.3 Å². The topological polar surface area (TPSA) is 13.1 Å². The summed E-state index contributed by atoms with van der Waals surface area (Å²) in [6, 6.07) is 6.03. The molecule has 6 heteroatoms. The molecular formula is C12H3Br5O. The second-order valence-electron chi connectivity index (χ2n) is 3.73. The first-order chi connectivity index (χ1) is 8.49. The third kappa shape index (κ3) is 2.04. The number of hydrogen-bond donors (Lipinski definition) is 0. The predicted octanol–water partition coefficient (Wildman–Crippen LogP) is 7.40. The summed E-state index contributed by atoms with van der Waals surface area (Å²) in [6.07, 6.45) is 0. The third-order valence-corrected chi connectivity index (χ3v) is 6.97. The van der Waals surface area contributed by atoms with E-state index in [1.54, 1.807) is 0 Å². The van der Waals surface area contributed by atoms with Crippen LogP contribution in [0.3, 0.4) is 0 Å². The van der Waals surface area contributed by atoms with Gasteiger partial charge in [0.1, 0.15) is 5.58 Å². The van der Waals surface area contributed by atoms with Gasteiger partial charge in [0, 0.05) is 28.7 Å². The molecule has 1 aromatic heterocycles. The second kappa shape index (κ2) is 4.88. The molecule has 0 bridgehead atoms. The van der Waals surface area contributed by atoms with Crippen LogP contribution in [-0.4, -0.2) is 0 Å². The van der Waals surface area contributed by atoms with Gasteiger partial charge in [-0.05, 0) is 81.9 Å². The summed E-state index contributed by atoms with van der Waals surface area (Å²) in [5, 5.41) is 2.13. The molecule has 2 aromatic carbocycles. The molecule has 3 rings (SSSR count). The minimum absolute atomic E-state index is 0.832. The van der Waals surface area contributed by atoms with E-state index in [4.69, 9.17) is 4.42 Å². The van der Waals surface area contributed by atoms with Gasteiger partial charge in [-0.25, -0.2) is 0 Å². The van der Waals surface area contributed by atoms with Crippen molar-refractivity contribution in [3.63, 3.8) is 0 Å². The van der Waals surface area contributed by atoms with Gasteiger partial charge in [0.25, 0.3) is 0 Å². The molecule has 0 saturated carbocycles. The maximum Gasteiger partial charge on any atom is 0.150 e. The predicted molar refractivity (Wildman–Crippen MR) is 92.2 cm³/mol. The maximum absolute atomic E-state index is 5.92. The monoisotopic (exact) mass is 558 g/mol. The second-order valence-corrected chi connectivity index (χ2v) is 7.94. The van der Waals surface area contributed by atoms with Gasteiger partial charge in [-0.15, -0.1) is 0 Å². The highest BCUT2D eigenvalue weighted by atomic mass is 79.9. The molecule has 0 aliphatic heterocycles. The number of benzene rings is 2. The summed E-state index contributed by atoms with van der Waals surface area (Å²) >= 11 is 17.7. The Bertz CT molecular complexity index is 790. The molecule has 1 nitrogen and oxygen atoms in total. The molecule has 0 unspecified atom stereocenters. The van der Waals surface area contributed by atoms with Crippen molar-refractivity contribution in [3.05, 3.63) is 40.6 Å². The summed E-state index contributed by atoms with van der Waals surface area (Å²) in [5.41, 5.74) is 1.68. The quantitative estimate of drug-likeness (QED) is 0.260. The van der Waals surface area contributed by atoms with E-state index < -0.39 is 0 Å². The van der Waals surface area contributed by atoms with Crippen LogP contribution >= 0.6 is 79.6 Å². The van der Waals surface area contributed by atoms with Crippen LogP contribution < -0.4 is 0 Å². The molecule has 0 saturated heterocycles. The Morgan fingerprint density at radius 3 is 2.22 bits per heavy atom. The lowest BCUT2D eigenvalue weighted by atomic mass is 10.1. The molecule has 0 amide bonds. The third-order valence-electron chi connectivity index (χ3n) is 2.62. The molecule has 0 atom stereocenters. The molecule has 0 radical (unpaired) electrons. The van der Waals surface area contributed by atoms with Gasteiger partial charge in [-0.2, -0.15) is 0 Å². The zero-order chi connectivity index (χ0) is 13.0. The van der Waals surface area contributed by atoms with E-state index in [-0.39, 0.29) is 0 Å². The number of furan rings is 1. The molecule has 0 spiro atoms. The average molecular weight is 563 g/mol. The molecule has 0 aliphatic carbocycles. The van der Waals surface area contributed by atoms with Crippen molar-refractivity contribution in [2.24, 2.45) is 0 Å². The SMILES string of the molecule is Brc1cc(Br)c2c(c1)oc1c(Br)c(Br)c(Br)cc12. The summed E-state index contributed by atoms with van der Waals surface area (Å²) in [5.74, 6) is 0. The lowest BCUT2D eigenvalue weighted by Gasteiger charge is -2.00. The van der Waals surface area contributed by atoms with Crippen LogP contribution in [0.5, 0.6) is 0 Å². The molecule has 3 aromatic rings. The van der Waals surface area contributed by atoms with Crippen molar-refractivity contribution in [2.75, 3.05) is 0 Å². The van der Waals surface area contributed by atoms with Crippen molar-refractivity contribution < 1.29 is 4.42 Å². The normalized spacial score (nSPS) is 11.6. The standard InChI is InChI=1S/C12H3Br5O/c13-4-1-6(14)9-5-3-7(15)10(16)11(17)12(5)18-8(9)2-4/h1-3H. The number of fused-ring (bicyclic) bond motifs is 3. The van der Waals surface area contributed by atoms with Crippen molar-refractivity contribution in [1.29, 1.82) is 0 Å².